The molecule has 0 spiro atoms. The Morgan fingerprint density at radius 2 is 1.88 bits per heavy atom. The van der Waals surface area contributed by atoms with Crippen molar-refractivity contribution < 1.29 is 9.53 Å². The summed E-state index contributed by atoms with van der Waals surface area (Å²) in [7, 11) is 3.52. The van der Waals surface area contributed by atoms with Crippen LogP contribution in [0.25, 0.3) is 10.8 Å². The van der Waals surface area contributed by atoms with Crippen molar-refractivity contribution in [2.24, 2.45) is 0 Å². The summed E-state index contributed by atoms with van der Waals surface area (Å²) in [5.74, 6) is 1.35. The van der Waals surface area contributed by atoms with Gasteiger partial charge in [0.25, 0.3) is 0 Å². The Bertz CT molecular complexity index is 803. The lowest BCUT2D eigenvalue weighted by atomic mass is 10.1. The predicted octanol–water partition coefficient (Wildman–Crippen LogP) is 3.92. The molecular formula is C20H24N2O2S2. The maximum Gasteiger partial charge on any atom is 0.233 e. The monoisotopic (exact) mass is 388 g/mol. The van der Waals surface area contributed by atoms with Gasteiger partial charge in [-0.15, -0.1) is 0 Å². The molecule has 0 atom stereocenters. The van der Waals surface area contributed by atoms with Crippen LogP contribution < -0.4 is 4.74 Å². The van der Waals surface area contributed by atoms with Crippen LogP contribution in [0.1, 0.15) is 18.4 Å². The van der Waals surface area contributed by atoms with E-state index in [1.807, 2.05) is 25.2 Å². The van der Waals surface area contributed by atoms with Gasteiger partial charge in [0.15, 0.2) is 0 Å². The van der Waals surface area contributed by atoms with E-state index in [1.54, 1.807) is 12.0 Å². The fourth-order valence-electron chi connectivity index (χ4n) is 3.09. The maximum absolute atomic E-state index is 12.4. The van der Waals surface area contributed by atoms with E-state index >= 15 is 0 Å². The lowest BCUT2D eigenvalue weighted by molar-refractivity contribution is -0.127. The third kappa shape index (κ3) is 4.68. The molecule has 0 aliphatic carbocycles. The molecule has 1 heterocycles. The number of fused-ring (bicyclic) bond motifs is 1. The van der Waals surface area contributed by atoms with Crippen LogP contribution in [0.5, 0.6) is 5.75 Å². The first kappa shape index (κ1) is 19.0. The van der Waals surface area contributed by atoms with Gasteiger partial charge in [-0.2, -0.15) is 0 Å². The number of nitrogens with zero attached hydrogens (tertiary/aromatic N) is 2. The molecule has 2 aromatic rings. The predicted molar refractivity (Wildman–Crippen MR) is 113 cm³/mol. The quantitative estimate of drug-likeness (QED) is 0.725. The first-order valence-corrected chi connectivity index (χ1v) is 10.2. The van der Waals surface area contributed by atoms with E-state index in [2.05, 4.69) is 23.1 Å². The van der Waals surface area contributed by atoms with Crippen molar-refractivity contribution in [1.29, 1.82) is 0 Å². The summed E-state index contributed by atoms with van der Waals surface area (Å²) in [6.45, 7) is 2.65. The zero-order valence-corrected chi connectivity index (χ0v) is 16.9. The average molecular weight is 389 g/mol. The summed E-state index contributed by atoms with van der Waals surface area (Å²) in [6, 6.07) is 12.3. The van der Waals surface area contributed by atoms with Crippen molar-refractivity contribution >= 4 is 45.0 Å². The smallest absolute Gasteiger partial charge is 0.233 e. The molecule has 26 heavy (non-hydrogen) atoms. The number of rotatable bonds is 5. The van der Waals surface area contributed by atoms with Crippen LogP contribution in [0.3, 0.4) is 0 Å². The molecule has 0 aromatic heterocycles. The van der Waals surface area contributed by atoms with Crippen molar-refractivity contribution in [2.75, 3.05) is 33.0 Å². The molecule has 0 saturated carbocycles. The van der Waals surface area contributed by atoms with Gasteiger partial charge in [-0.3, -0.25) is 4.79 Å². The number of thioether (sulfide) groups is 1. The van der Waals surface area contributed by atoms with E-state index in [1.165, 1.54) is 24.6 Å². The maximum atomic E-state index is 12.4. The van der Waals surface area contributed by atoms with E-state index in [9.17, 15) is 4.79 Å². The van der Waals surface area contributed by atoms with Gasteiger partial charge in [0.1, 0.15) is 10.1 Å². The minimum absolute atomic E-state index is 0.103. The van der Waals surface area contributed by atoms with E-state index in [4.69, 9.17) is 17.0 Å². The first-order valence-electron chi connectivity index (χ1n) is 8.79. The lowest BCUT2D eigenvalue weighted by Gasteiger charge is -2.20. The molecule has 3 rings (SSSR count). The number of likely N-dealkylation sites (tertiary alicyclic amines) is 1. The van der Waals surface area contributed by atoms with Crippen molar-refractivity contribution in [3.05, 3.63) is 42.0 Å². The normalized spacial score (nSPS) is 13.8. The molecule has 0 unspecified atom stereocenters. The number of hydrogen-bond acceptors (Lipinski definition) is 4. The van der Waals surface area contributed by atoms with Gasteiger partial charge in [0.2, 0.25) is 5.91 Å². The molecule has 138 valence electrons. The molecule has 1 aliphatic rings. The summed E-state index contributed by atoms with van der Waals surface area (Å²) in [5, 5.41) is 2.28. The van der Waals surface area contributed by atoms with Crippen molar-refractivity contribution in [3.63, 3.8) is 0 Å². The molecular weight excluding hydrogens is 364 g/mol. The number of methoxy groups -OCH3 is 1. The number of amides is 1. The number of benzene rings is 2. The molecule has 1 amide bonds. The number of carbonyl (C=O) groups excluding carboxylic acids is 1. The van der Waals surface area contributed by atoms with Crippen molar-refractivity contribution in [1.82, 2.24) is 9.80 Å². The van der Waals surface area contributed by atoms with E-state index in [0.717, 1.165) is 39.5 Å². The Hall–Kier alpha value is -1.79. The molecule has 0 radical (unpaired) electrons. The third-order valence-corrected chi connectivity index (χ3v) is 6.15. The molecule has 4 nitrogen and oxygen atoms in total. The second-order valence-electron chi connectivity index (χ2n) is 6.55. The minimum Gasteiger partial charge on any atom is -0.497 e. The Kier molecular flexibility index (Phi) is 6.38. The second-order valence-corrected chi connectivity index (χ2v) is 8.16. The van der Waals surface area contributed by atoms with E-state index in [0.29, 0.717) is 12.3 Å². The summed E-state index contributed by atoms with van der Waals surface area (Å²) in [5.41, 5.74) is 1.12. The second kappa shape index (κ2) is 8.73. The van der Waals surface area contributed by atoms with Crippen LogP contribution >= 0.6 is 24.0 Å². The molecule has 0 bridgehead atoms. The summed E-state index contributed by atoms with van der Waals surface area (Å²) in [6.07, 6.45) is 2.39. The highest BCUT2D eigenvalue weighted by Crippen LogP contribution is 2.22. The van der Waals surface area contributed by atoms with Gasteiger partial charge in [0, 0.05) is 26.7 Å². The number of ether oxygens (including phenoxy) is 1. The van der Waals surface area contributed by atoms with Gasteiger partial charge < -0.3 is 14.5 Å². The Morgan fingerprint density at radius 1 is 1.19 bits per heavy atom. The first-order chi connectivity index (χ1) is 12.6. The molecule has 2 aromatic carbocycles. The van der Waals surface area contributed by atoms with Crippen LogP contribution in [0.15, 0.2) is 36.4 Å². The Morgan fingerprint density at radius 3 is 2.62 bits per heavy atom. The number of carbonyl (C=O) groups is 1. The molecule has 6 heteroatoms. The standard InChI is InChI=1S/C20H24N2O2S2/c1-21(19(23)14-26-20(25)22-9-3-4-10-22)13-15-5-6-17-12-18(24-2)8-7-16(17)11-15/h5-8,11-12H,3-4,9-10,13-14H2,1-2H3. The Balaban J connectivity index is 1.56. The molecule has 1 fully saturated rings. The van der Waals surface area contributed by atoms with Gasteiger partial charge >= 0.3 is 0 Å². The summed E-state index contributed by atoms with van der Waals surface area (Å²) < 4.78 is 6.11. The highest BCUT2D eigenvalue weighted by molar-refractivity contribution is 8.23. The van der Waals surface area contributed by atoms with E-state index in [-0.39, 0.29) is 5.91 Å². The third-order valence-electron chi connectivity index (χ3n) is 4.64. The van der Waals surface area contributed by atoms with Crippen LogP contribution in [-0.4, -0.2) is 53.0 Å². The molecule has 0 N–H and O–H groups in total. The van der Waals surface area contributed by atoms with Crippen LogP contribution in [0.4, 0.5) is 0 Å². The highest BCUT2D eigenvalue weighted by atomic mass is 32.2. The summed E-state index contributed by atoms with van der Waals surface area (Å²) >= 11 is 6.91. The fraction of sp³-hybridized carbons (Fsp3) is 0.400. The topological polar surface area (TPSA) is 32.8 Å². The zero-order chi connectivity index (χ0) is 18.5. The van der Waals surface area contributed by atoms with Gasteiger partial charge in [0.05, 0.1) is 12.9 Å². The van der Waals surface area contributed by atoms with Gasteiger partial charge in [-0.05, 0) is 47.4 Å². The SMILES string of the molecule is COc1ccc2cc(CN(C)C(=O)CSC(=S)N3CCCC3)ccc2c1. The zero-order valence-electron chi connectivity index (χ0n) is 15.2. The highest BCUT2D eigenvalue weighted by Gasteiger charge is 2.17. The van der Waals surface area contributed by atoms with Gasteiger partial charge in [-0.25, -0.2) is 0 Å². The Labute approximate surface area is 164 Å². The van der Waals surface area contributed by atoms with Crippen LogP contribution in [-0.2, 0) is 11.3 Å². The molecule has 1 aliphatic heterocycles. The van der Waals surface area contributed by atoms with Crippen molar-refractivity contribution in [3.8, 4) is 5.75 Å². The minimum atomic E-state index is 0.103. The fourth-order valence-corrected chi connectivity index (χ4v) is 4.28. The van der Waals surface area contributed by atoms with Crippen LogP contribution in [0.2, 0.25) is 0 Å². The number of hydrogen-bond donors (Lipinski definition) is 0. The largest absolute Gasteiger partial charge is 0.497 e. The van der Waals surface area contributed by atoms with E-state index < -0.39 is 0 Å². The average Bonchev–Trinajstić information content (AvgIpc) is 3.20. The lowest BCUT2D eigenvalue weighted by Crippen LogP contribution is -2.30. The van der Waals surface area contributed by atoms with Crippen LogP contribution in [0, 0.1) is 0 Å². The molecule has 1 saturated heterocycles. The summed E-state index contributed by atoms with van der Waals surface area (Å²) in [4.78, 5) is 16.4. The van der Waals surface area contributed by atoms with Gasteiger partial charge in [-0.1, -0.05) is 42.2 Å². The number of thiocarbonyl (C=S) groups is 1. The van der Waals surface area contributed by atoms with Crippen molar-refractivity contribution in [2.45, 2.75) is 19.4 Å².